The minimum absolute atomic E-state index is 0. The average molecular weight is 360 g/mol. The van der Waals surface area contributed by atoms with Crippen LogP contribution < -0.4 is 0 Å². The Hall–Kier alpha value is -2.66. The van der Waals surface area contributed by atoms with Crippen molar-refractivity contribution in [3.05, 3.63) is 70.8 Å². The Morgan fingerprint density at radius 2 is 1.38 bits per heavy atom. The molecule has 2 aromatic rings. The highest BCUT2D eigenvalue weighted by atomic mass is 16.6. The van der Waals surface area contributed by atoms with E-state index in [4.69, 9.17) is 9.84 Å². The predicted molar refractivity (Wildman–Crippen MR) is 102 cm³/mol. The van der Waals surface area contributed by atoms with Gasteiger partial charge in [-0.05, 0) is 12.1 Å². The van der Waals surface area contributed by atoms with Gasteiger partial charge in [0.05, 0.1) is 11.1 Å². The summed E-state index contributed by atoms with van der Waals surface area (Å²) in [7, 11) is 0. The van der Waals surface area contributed by atoms with Gasteiger partial charge < -0.3 is 14.6 Å². The molecule has 5 heteroatoms. The molecule has 1 atom stereocenters. The van der Waals surface area contributed by atoms with Gasteiger partial charge >= 0.3 is 11.9 Å². The summed E-state index contributed by atoms with van der Waals surface area (Å²) in [4.78, 5) is 21.7. The van der Waals surface area contributed by atoms with Crippen LogP contribution in [-0.2, 0) is 16.1 Å². The minimum Gasteiger partial charge on any atom is -0.457 e. The Labute approximate surface area is 155 Å². The van der Waals surface area contributed by atoms with E-state index in [1.54, 1.807) is 30.3 Å². The minimum atomic E-state index is -1.07. The summed E-state index contributed by atoms with van der Waals surface area (Å²) in [5, 5.41) is 9.11. The smallest absolute Gasteiger partial charge is 0.341 e. The Balaban J connectivity index is 0.000000393. The Kier molecular flexibility index (Phi) is 10.6. The van der Waals surface area contributed by atoms with E-state index in [1.807, 2.05) is 45.9 Å². The predicted octanol–water partition coefficient (Wildman–Crippen LogP) is 4.89. The number of carbonyl (C=O) groups excluding carboxylic acids is 2. The lowest BCUT2D eigenvalue weighted by molar-refractivity contribution is -0.0547. The van der Waals surface area contributed by atoms with Gasteiger partial charge in [0.15, 0.2) is 0 Å². The molecule has 2 aliphatic rings. The number of aliphatic hydroxyl groups is 1. The van der Waals surface area contributed by atoms with Crippen LogP contribution in [0.4, 0.5) is 0 Å². The number of hydrogen-bond donors (Lipinski definition) is 1. The maximum Gasteiger partial charge on any atom is 0.341 e. The van der Waals surface area contributed by atoms with Gasteiger partial charge in [-0.2, -0.15) is 0 Å². The van der Waals surface area contributed by atoms with Crippen LogP contribution in [-0.4, -0.2) is 17.0 Å². The molecular weight excluding hydrogens is 332 g/mol. The Morgan fingerprint density at radius 3 is 1.96 bits per heavy atom. The fourth-order valence-corrected chi connectivity index (χ4v) is 2.19. The fraction of sp³-hybridized carbons (Fsp3) is 0.333. The molecular formula is C21H28O5. The zero-order valence-corrected chi connectivity index (χ0v) is 15.0. The van der Waals surface area contributed by atoms with Crippen molar-refractivity contribution in [2.75, 3.05) is 0 Å². The van der Waals surface area contributed by atoms with Crippen molar-refractivity contribution < 1.29 is 24.2 Å². The van der Waals surface area contributed by atoms with Crippen LogP contribution in [0.3, 0.4) is 0 Å². The number of benzene rings is 2. The molecule has 1 unspecified atom stereocenters. The van der Waals surface area contributed by atoms with Crippen molar-refractivity contribution in [3.8, 4) is 0 Å². The third-order valence-electron chi connectivity index (χ3n) is 3.26. The summed E-state index contributed by atoms with van der Waals surface area (Å²) in [6.07, 6.45) is -1.07. The zero-order chi connectivity index (χ0) is 18.8. The average Bonchev–Trinajstić information content (AvgIpc) is 3.20. The van der Waals surface area contributed by atoms with Gasteiger partial charge in [-0.1, -0.05) is 71.5 Å². The molecule has 0 amide bonds. The van der Waals surface area contributed by atoms with Crippen LogP contribution in [0, 0.1) is 0 Å². The second kappa shape index (κ2) is 11.8. The molecule has 2 aromatic carbocycles. The monoisotopic (exact) mass is 360 g/mol. The topological polar surface area (TPSA) is 72.8 Å². The van der Waals surface area contributed by atoms with E-state index in [-0.39, 0.29) is 13.4 Å². The van der Waals surface area contributed by atoms with Gasteiger partial charge in [-0.15, -0.1) is 0 Å². The van der Waals surface area contributed by atoms with E-state index < -0.39 is 12.3 Å². The molecule has 26 heavy (non-hydrogen) atoms. The van der Waals surface area contributed by atoms with E-state index in [2.05, 4.69) is 4.74 Å². The zero-order valence-electron chi connectivity index (χ0n) is 15.0. The molecule has 0 bridgehead atoms. The second-order valence-corrected chi connectivity index (χ2v) is 4.58. The van der Waals surface area contributed by atoms with Crippen molar-refractivity contribution in [1.82, 2.24) is 0 Å². The molecule has 0 spiro atoms. The third kappa shape index (κ3) is 5.43. The summed E-state index contributed by atoms with van der Waals surface area (Å²) >= 11 is 0. The fourth-order valence-electron chi connectivity index (χ4n) is 2.19. The lowest BCUT2D eigenvalue weighted by atomic mass is 10.1. The van der Waals surface area contributed by atoms with Crippen LogP contribution in [0.2, 0.25) is 0 Å². The number of cyclic esters (lactones) is 2. The first-order valence-corrected chi connectivity index (χ1v) is 8.40. The number of hydrogen-bond acceptors (Lipinski definition) is 5. The number of ether oxygens (including phenoxy) is 2. The first-order valence-electron chi connectivity index (χ1n) is 8.40. The molecule has 142 valence electrons. The summed E-state index contributed by atoms with van der Waals surface area (Å²) < 4.78 is 9.33. The van der Waals surface area contributed by atoms with Gasteiger partial charge in [0.2, 0.25) is 6.29 Å². The van der Waals surface area contributed by atoms with Gasteiger partial charge in [-0.3, -0.25) is 0 Å². The quantitative estimate of drug-likeness (QED) is 0.677. The van der Waals surface area contributed by atoms with Crippen LogP contribution in [0.15, 0.2) is 48.5 Å². The Morgan fingerprint density at radius 1 is 0.846 bits per heavy atom. The molecule has 2 heterocycles. The summed E-state index contributed by atoms with van der Waals surface area (Å²) in [5.74, 6) is -0.649. The summed E-state index contributed by atoms with van der Waals surface area (Å²) in [6, 6.07) is 14.2. The molecule has 4 rings (SSSR count). The lowest BCUT2D eigenvalue weighted by Crippen LogP contribution is -1.95. The maximum atomic E-state index is 10.9. The van der Waals surface area contributed by atoms with Crippen molar-refractivity contribution in [2.45, 2.75) is 48.0 Å². The third-order valence-corrected chi connectivity index (χ3v) is 3.26. The van der Waals surface area contributed by atoms with Crippen LogP contribution in [0.5, 0.6) is 0 Å². The largest absolute Gasteiger partial charge is 0.457 e. The molecule has 0 aliphatic carbocycles. The number of carbonyl (C=O) groups is 2. The number of rotatable bonds is 0. The SMILES string of the molecule is C.CC.CC.O=C1OC(O)c2ccccc21.O=C1OCc2ccccc21. The summed E-state index contributed by atoms with van der Waals surface area (Å²) in [6.45, 7) is 8.44. The molecule has 0 saturated heterocycles. The molecule has 0 radical (unpaired) electrons. The molecule has 0 aromatic heterocycles. The highest BCUT2D eigenvalue weighted by Gasteiger charge is 2.28. The lowest BCUT2D eigenvalue weighted by Gasteiger charge is -1.98. The number of aliphatic hydroxyl groups excluding tert-OH is 1. The van der Waals surface area contributed by atoms with Gasteiger partial charge in [0.25, 0.3) is 0 Å². The van der Waals surface area contributed by atoms with Crippen LogP contribution >= 0.6 is 0 Å². The van der Waals surface area contributed by atoms with Gasteiger partial charge in [0.1, 0.15) is 6.61 Å². The number of esters is 2. The molecule has 5 nitrogen and oxygen atoms in total. The van der Waals surface area contributed by atoms with Crippen LogP contribution in [0.1, 0.15) is 73.3 Å². The van der Waals surface area contributed by atoms with Crippen molar-refractivity contribution in [1.29, 1.82) is 0 Å². The van der Waals surface area contributed by atoms with E-state index in [9.17, 15) is 9.59 Å². The van der Waals surface area contributed by atoms with E-state index in [0.717, 1.165) is 5.56 Å². The highest BCUT2D eigenvalue weighted by molar-refractivity contribution is 5.94. The van der Waals surface area contributed by atoms with Gasteiger partial charge in [-0.25, -0.2) is 9.59 Å². The van der Waals surface area contributed by atoms with Crippen molar-refractivity contribution >= 4 is 11.9 Å². The normalized spacial score (nSPS) is 15.0. The van der Waals surface area contributed by atoms with Crippen molar-refractivity contribution in [3.63, 3.8) is 0 Å². The first kappa shape index (κ1) is 23.3. The first-order chi connectivity index (χ1) is 12.2. The molecule has 0 fully saturated rings. The van der Waals surface area contributed by atoms with E-state index >= 15 is 0 Å². The molecule has 1 N–H and O–H groups in total. The highest BCUT2D eigenvalue weighted by Crippen LogP contribution is 2.27. The number of fused-ring (bicyclic) bond motifs is 2. The molecule has 2 aliphatic heterocycles. The summed E-state index contributed by atoms with van der Waals surface area (Å²) in [5.41, 5.74) is 2.72. The standard InChI is InChI=1S/C8H6O3.C8H6O2.2C2H6.CH4/c9-7-5-3-1-2-4-6(5)8(10)11-7;9-8-7-4-2-1-3-6(7)5-10-8;2*1-2;/h1-4,7,9H;1-4H,5H2;2*1-2H3;1H4. The maximum absolute atomic E-state index is 10.9. The van der Waals surface area contributed by atoms with Crippen LogP contribution in [0.25, 0.3) is 0 Å². The van der Waals surface area contributed by atoms with E-state index in [1.165, 1.54) is 0 Å². The van der Waals surface area contributed by atoms with E-state index in [0.29, 0.717) is 23.3 Å². The van der Waals surface area contributed by atoms with Gasteiger partial charge in [0, 0.05) is 11.1 Å². The molecule has 0 saturated carbocycles. The Bertz CT molecular complexity index is 709. The second-order valence-electron chi connectivity index (χ2n) is 4.58. The van der Waals surface area contributed by atoms with Crippen molar-refractivity contribution in [2.24, 2.45) is 0 Å².